The van der Waals surface area contributed by atoms with Gasteiger partial charge >= 0.3 is 6.09 Å². The van der Waals surface area contributed by atoms with Crippen LogP contribution in [0.1, 0.15) is 37.7 Å². The standard InChI is InChI=1S/C15H17FN2O3.C9H8FN3O/c1-8-6-10-12(7-11(8)16)17-9(2)18(13(10)19)14(20)21-15(3,4)5;1-4-2-5-7(3-6(4)10)12-9(11)13-8(5)14/h6-7H,1-5H3;2-3H,1H3,(H3,11,12,13,14). The summed E-state index contributed by atoms with van der Waals surface area (Å²) in [5, 5.41) is 0.531. The van der Waals surface area contributed by atoms with Crippen molar-refractivity contribution in [3.8, 4) is 0 Å². The molecule has 2 aromatic carbocycles. The van der Waals surface area contributed by atoms with Crippen molar-refractivity contribution < 1.29 is 18.3 Å². The van der Waals surface area contributed by atoms with Gasteiger partial charge in [0.15, 0.2) is 0 Å². The maximum Gasteiger partial charge on any atom is 0.422 e. The molecule has 4 aromatic rings. The number of carbonyl (C=O) groups is 1. The van der Waals surface area contributed by atoms with Crippen molar-refractivity contribution in [2.75, 3.05) is 5.73 Å². The fourth-order valence-electron chi connectivity index (χ4n) is 3.24. The second kappa shape index (κ2) is 9.24. The Morgan fingerprint density at radius 3 is 2.00 bits per heavy atom. The number of hydrogen-bond donors (Lipinski definition) is 2. The molecular weight excluding hydrogens is 460 g/mol. The fourth-order valence-corrected chi connectivity index (χ4v) is 3.24. The van der Waals surface area contributed by atoms with Crippen LogP contribution in [0.4, 0.5) is 19.5 Å². The van der Waals surface area contributed by atoms with Crippen LogP contribution < -0.4 is 16.9 Å². The second-order valence-corrected chi connectivity index (χ2v) is 8.97. The van der Waals surface area contributed by atoms with E-state index in [1.54, 1.807) is 34.6 Å². The number of aryl methyl sites for hydroxylation is 3. The van der Waals surface area contributed by atoms with E-state index >= 15 is 0 Å². The average molecular weight is 485 g/mol. The quantitative estimate of drug-likeness (QED) is 0.386. The van der Waals surface area contributed by atoms with Crippen LogP contribution in [0.3, 0.4) is 0 Å². The highest BCUT2D eigenvalue weighted by Gasteiger charge is 2.22. The summed E-state index contributed by atoms with van der Waals surface area (Å²) >= 11 is 0. The van der Waals surface area contributed by atoms with E-state index in [-0.39, 0.29) is 33.8 Å². The molecule has 35 heavy (non-hydrogen) atoms. The number of nitrogens with zero attached hydrogens (tertiary/aromatic N) is 3. The highest BCUT2D eigenvalue weighted by atomic mass is 19.1. The van der Waals surface area contributed by atoms with Crippen LogP contribution >= 0.6 is 0 Å². The Kier molecular flexibility index (Phi) is 6.73. The minimum absolute atomic E-state index is 0.00856. The third kappa shape index (κ3) is 5.51. The summed E-state index contributed by atoms with van der Waals surface area (Å²) in [5.74, 6) is -0.686. The molecule has 0 aliphatic carbocycles. The molecule has 9 nitrogen and oxygen atoms in total. The zero-order valence-electron chi connectivity index (χ0n) is 20.1. The lowest BCUT2D eigenvalue weighted by Crippen LogP contribution is -2.35. The predicted octanol–water partition coefficient (Wildman–Crippen LogP) is 3.89. The second-order valence-electron chi connectivity index (χ2n) is 8.97. The zero-order valence-corrected chi connectivity index (χ0v) is 20.1. The van der Waals surface area contributed by atoms with Crippen molar-refractivity contribution in [1.29, 1.82) is 0 Å². The van der Waals surface area contributed by atoms with Gasteiger partial charge in [-0.25, -0.2) is 23.5 Å². The Hall–Kier alpha value is -4.15. The Labute approximate surface area is 198 Å². The Bertz CT molecular complexity index is 1590. The van der Waals surface area contributed by atoms with Crippen molar-refractivity contribution in [2.24, 2.45) is 0 Å². The molecule has 0 amide bonds. The molecule has 4 rings (SSSR count). The van der Waals surface area contributed by atoms with Crippen LogP contribution in [-0.2, 0) is 4.74 Å². The van der Waals surface area contributed by atoms with Gasteiger partial charge in [0, 0.05) is 12.1 Å². The first-order valence-electron chi connectivity index (χ1n) is 10.6. The van der Waals surface area contributed by atoms with E-state index in [4.69, 9.17) is 10.5 Å². The molecule has 0 atom stereocenters. The number of carbonyl (C=O) groups excluding carboxylic acids is 1. The highest BCUT2D eigenvalue weighted by Crippen LogP contribution is 2.16. The summed E-state index contributed by atoms with van der Waals surface area (Å²) in [4.78, 5) is 46.2. The summed E-state index contributed by atoms with van der Waals surface area (Å²) in [6, 6.07) is 5.24. The molecule has 184 valence electrons. The molecule has 0 unspecified atom stereocenters. The predicted molar refractivity (Wildman–Crippen MR) is 129 cm³/mol. The minimum Gasteiger partial charge on any atom is -0.443 e. The lowest BCUT2D eigenvalue weighted by Gasteiger charge is -2.20. The minimum atomic E-state index is -0.790. The van der Waals surface area contributed by atoms with E-state index in [9.17, 15) is 23.2 Å². The lowest BCUT2D eigenvalue weighted by atomic mass is 10.1. The Morgan fingerprint density at radius 1 is 0.943 bits per heavy atom. The molecule has 2 heterocycles. The number of fused-ring (bicyclic) bond motifs is 2. The number of aromatic nitrogens is 4. The monoisotopic (exact) mass is 485 g/mol. The molecule has 0 saturated carbocycles. The lowest BCUT2D eigenvalue weighted by molar-refractivity contribution is 0.0526. The van der Waals surface area contributed by atoms with Crippen LogP contribution in [0.15, 0.2) is 33.9 Å². The number of nitrogens with one attached hydrogen (secondary N) is 1. The number of H-pyrrole nitrogens is 1. The molecule has 0 bridgehead atoms. The first kappa shape index (κ1) is 25.5. The normalized spacial score (nSPS) is 11.3. The summed E-state index contributed by atoms with van der Waals surface area (Å²) in [5.41, 5.74) is 4.91. The van der Waals surface area contributed by atoms with Crippen LogP contribution in [-0.4, -0.2) is 31.2 Å². The molecule has 0 aliphatic heterocycles. The van der Waals surface area contributed by atoms with Gasteiger partial charge in [0.1, 0.15) is 23.1 Å². The number of aromatic amines is 1. The third-order valence-corrected chi connectivity index (χ3v) is 4.90. The van der Waals surface area contributed by atoms with E-state index in [2.05, 4.69) is 15.0 Å². The third-order valence-electron chi connectivity index (χ3n) is 4.90. The van der Waals surface area contributed by atoms with Gasteiger partial charge in [-0.3, -0.25) is 14.6 Å². The molecule has 0 aliphatic rings. The van der Waals surface area contributed by atoms with Gasteiger partial charge in [-0.05, 0) is 64.8 Å². The Balaban J connectivity index is 0.000000211. The molecular formula is C24H25F2N5O4. The maximum atomic E-state index is 13.6. The van der Waals surface area contributed by atoms with Gasteiger partial charge in [0.05, 0.1) is 21.8 Å². The van der Waals surface area contributed by atoms with E-state index < -0.39 is 28.9 Å². The molecule has 2 aromatic heterocycles. The van der Waals surface area contributed by atoms with Gasteiger partial charge in [-0.2, -0.15) is 4.57 Å². The van der Waals surface area contributed by atoms with Crippen LogP contribution in [0.5, 0.6) is 0 Å². The maximum absolute atomic E-state index is 13.6. The molecule has 0 saturated heterocycles. The summed E-state index contributed by atoms with van der Waals surface area (Å²) in [6.45, 7) is 9.76. The number of nitrogens with two attached hydrogens (primary N) is 1. The van der Waals surface area contributed by atoms with Gasteiger partial charge in [0.2, 0.25) is 5.95 Å². The van der Waals surface area contributed by atoms with Gasteiger partial charge in [-0.15, -0.1) is 0 Å². The SMILES string of the molecule is Cc1cc2c(=O)[nH]c(N)nc2cc1F.Cc1cc2c(=O)n(C(=O)OC(C)(C)C)c(C)nc2cc1F. The molecule has 3 N–H and O–H groups in total. The first-order valence-corrected chi connectivity index (χ1v) is 10.6. The van der Waals surface area contributed by atoms with E-state index in [0.717, 1.165) is 4.57 Å². The number of anilines is 1. The Morgan fingerprint density at radius 2 is 1.46 bits per heavy atom. The van der Waals surface area contributed by atoms with Gasteiger partial charge in [-0.1, -0.05) is 0 Å². The van der Waals surface area contributed by atoms with Crippen molar-refractivity contribution in [3.05, 3.63) is 73.6 Å². The molecule has 11 heteroatoms. The van der Waals surface area contributed by atoms with Crippen molar-refractivity contribution in [1.82, 2.24) is 19.5 Å². The summed E-state index contributed by atoms with van der Waals surface area (Å²) in [6.07, 6.45) is -0.790. The summed E-state index contributed by atoms with van der Waals surface area (Å²) in [7, 11) is 0. The van der Waals surface area contributed by atoms with Crippen LogP contribution in [0, 0.1) is 32.4 Å². The fraction of sp³-hybridized carbons (Fsp3) is 0.292. The zero-order chi connectivity index (χ0) is 26.2. The molecule has 0 spiro atoms. The van der Waals surface area contributed by atoms with E-state index in [1.165, 1.54) is 31.2 Å². The first-order chi connectivity index (χ1) is 16.2. The van der Waals surface area contributed by atoms with Crippen LogP contribution in [0.25, 0.3) is 21.8 Å². The number of benzene rings is 2. The van der Waals surface area contributed by atoms with E-state index in [1.807, 2.05) is 0 Å². The number of nitrogen functional groups attached to an aromatic ring is 1. The van der Waals surface area contributed by atoms with Gasteiger partial charge in [0.25, 0.3) is 11.1 Å². The van der Waals surface area contributed by atoms with Gasteiger partial charge < -0.3 is 10.5 Å². The van der Waals surface area contributed by atoms with E-state index in [0.29, 0.717) is 16.5 Å². The van der Waals surface area contributed by atoms with Crippen molar-refractivity contribution in [3.63, 3.8) is 0 Å². The molecule has 0 fully saturated rings. The molecule has 0 radical (unpaired) electrons. The number of rotatable bonds is 0. The number of ether oxygens (including phenoxy) is 1. The largest absolute Gasteiger partial charge is 0.443 e. The topological polar surface area (TPSA) is 133 Å². The average Bonchev–Trinajstić information content (AvgIpc) is 2.70. The number of hydrogen-bond acceptors (Lipinski definition) is 7. The number of halogens is 2. The summed E-state index contributed by atoms with van der Waals surface area (Å²) < 4.78 is 32.7. The van der Waals surface area contributed by atoms with Crippen molar-refractivity contribution in [2.45, 2.75) is 47.1 Å². The highest BCUT2D eigenvalue weighted by molar-refractivity contribution is 5.82. The smallest absolute Gasteiger partial charge is 0.422 e. The van der Waals surface area contributed by atoms with Crippen LogP contribution in [0.2, 0.25) is 0 Å². The van der Waals surface area contributed by atoms with Crippen molar-refractivity contribution >= 4 is 33.8 Å².